The van der Waals surface area contributed by atoms with E-state index in [0.717, 1.165) is 17.7 Å². The molecule has 8 heteroatoms. The Kier molecular flexibility index (Phi) is 3.78. The summed E-state index contributed by atoms with van der Waals surface area (Å²) in [5, 5.41) is 5.11. The van der Waals surface area contributed by atoms with Crippen LogP contribution < -0.4 is 15.0 Å². The van der Waals surface area contributed by atoms with E-state index in [2.05, 4.69) is 15.1 Å². The Balaban J connectivity index is 1.66. The van der Waals surface area contributed by atoms with Gasteiger partial charge in [0, 0.05) is 30.4 Å². The molecule has 28 heavy (non-hydrogen) atoms. The summed E-state index contributed by atoms with van der Waals surface area (Å²) in [6, 6.07) is 7.59. The molecule has 4 aromatic rings. The van der Waals surface area contributed by atoms with Gasteiger partial charge in [-0.2, -0.15) is 9.50 Å². The Hall–Kier alpha value is -3.42. The lowest BCUT2D eigenvalue weighted by molar-refractivity contribution is 0.297. The SMILES string of the molecule is CC(C)n1ccc2c(cnc3nc(-c4ccc5c(c4)OCCCO5)nn32)c1=O. The normalized spacial score (nSPS) is 14.0. The molecule has 8 nitrogen and oxygen atoms in total. The first-order valence-corrected chi connectivity index (χ1v) is 9.28. The highest BCUT2D eigenvalue weighted by molar-refractivity contribution is 5.79. The molecule has 1 aromatic carbocycles. The van der Waals surface area contributed by atoms with E-state index in [0.29, 0.717) is 41.5 Å². The Morgan fingerprint density at radius 1 is 1.11 bits per heavy atom. The molecule has 1 aliphatic rings. The van der Waals surface area contributed by atoms with Crippen LogP contribution in [0.5, 0.6) is 11.5 Å². The summed E-state index contributed by atoms with van der Waals surface area (Å²) in [6.45, 7) is 5.19. The number of fused-ring (bicyclic) bond motifs is 4. The van der Waals surface area contributed by atoms with Gasteiger partial charge < -0.3 is 14.0 Å². The Morgan fingerprint density at radius 2 is 1.93 bits per heavy atom. The van der Waals surface area contributed by atoms with Gasteiger partial charge in [-0.25, -0.2) is 4.98 Å². The summed E-state index contributed by atoms with van der Waals surface area (Å²) < 4.78 is 14.7. The first-order chi connectivity index (χ1) is 13.6. The van der Waals surface area contributed by atoms with E-state index in [1.54, 1.807) is 21.5 Å². The fourth-order valence-corrected chi connectivity index (χ4v) is 3.37. The van der Waals surface area contributed by atoms with E-state index in [1.165, 1.54) is 0 Å². The van der Waals surface area contributed by atoms with Crippen molar-refractivity contribution >= 4 is 16.7 Å². The molecule has 3 aromatic heterocycles. The minimum Gasteiger partial charge on any atom is -0.490 e. The van der Waals surface area contributed by atoms with Gasteiger partial charge in [0.1, 0.15) is 0 Å². The van der Waals surface area contributed by atoms with Gasteiger partial charge in [-0.1, -0.05) is 0 Å². The average molecular weight is 377 g/mol. The van der Waals surface area contributed by atoms with Crippen LogP contribution in [-0.4, -0.2) is 37.4 Å². The Morgan fingerprint density at radius 3 is 2.75 bits per heavy atom. The number of aromatic nitrogens is 5. The number of nitrogens with zero attached hydrogens (tertiary/aromatic N) is 5. The van der Waals surface area contributed by atoms with E-state index < -0.39 is 0 Å². The fourth-order valence-electron chi connectivity index (χ4n) is 3.37. The summed E-state index contributed by atoms with van der Waals surface area (Å²) in [7, 11) is 0. The number of benzene rings is 1. The van der Waals surface area contributed by atoms with Crippen molar-refractivity contribution < 1.29 is 9.47 Å². The first-order valence-electron chi connectivity index (χ1n) is 9.28. The number of hydrogen-bond acceptors (Lipinski definition) is 6. The van der Waals surface area contributed by atoms with Crippen molar-refractivity contribution in [2.45, 2.75) is 26.3 Å². The molecule has 0 saturated carbocycles. The molecule has 0 spiro atoms. The molecule has 0 aliphatic carbocycles. The molecule has 1 aliphatic heterocycles. The van der Waals surface area contributed by atoms with Crippen molar-refractivity contribution in [2.75, 3.05) is 13.2 Å². The van der Waals surface area contributed by atoms with E-state index in [9.17, 15) is 4.79 Å². The molecular formula is C20H19N5O3. The van der Waals surface area contributed by atoms with Gasteiger partial charge in [0.25, 0.3) is 11.3 Å². The van der Waals surface area contributed by atoms with Crippen LogP contribution in [0.3, 0.4) is 0 Å². The largest absolute Gasteiger partial charge is 0.490 e. The molecule has 0 fully saturated rings. The second-order valence-electron chi connectivity index (χ2n) is 7.04. The molecule has 5 rings (SSSR count). The highest BCUT2D eigenvalue weighted by atomic mass is 16.5. The maximum absolute atomic E-state index is 12.7. The Labute approximate surface area is 160 Å². The predicted molar refractivity (Wildman–Crippen MR) is 104 cm³/mol. The van der Waals surface area contributed by atoms with Crippen molar-refractivity contribution in [1.82, 2.24) is 24.1 Å². The van der Waals surface area contributed by atoms with Gasteiger partial charge >= 0.3 is 0 Å². The van der Waals surface area contributed by atoms with Crippen molar-refractivity contribution in [2.24, 2.45) is 0 Å². The van der Waals surface area contributed by atoms with Crippen LogP contribution in [-0.2, 0) is 0 Å². The second-order valence-corrected chi connectivity index (χ2v) is 7.04. The molecule has 0 N–H and O–H groups in total. The molecule has 0 radical (unpaired) electrons. The van der Waals surface area contributed by atoms with E-state index in [1.807, 2.05) is 38.1 Å². The van der Waals surface area contributed by atoms with Crippen LogP contribution in [0.25, 0.3) is 28.1 Å². The Bertz CT molecular complexity index is 1260. The molecule has 0 unspecified atom stereocenters. The van der Waals surface area contributed by atoms with Gasteiger partial charge in [-0.15, -0.1) is 5.10 Å². The smallest absolute Gasteiger partial charge is 0.261 e. The average Bonchev–Trinajstić information content (AvgIpc) is 2.99. The number of ether oxygens (including phenoxy) is 2. The third-order valence-corrected chi connectivity index (χ3v) is 4.82. The minimum atomic E-state index is -0.0884. The maximum Gasteiger partial charge on any atom is 0.261 e. The number of rotatable bonds is 2. The van der Waals surface area contributed by atoms with Gasteiger partial charge in [0.2, 0.25) is 0 Å². The monoisotopic (exact) mass is 377 g/mol. The van der Waals surface area contributed by atoms with Gasteiger partial charge in [-0.3, -0.25) is 4.79 Å². The molecule has 142 valence electrons. The summed E-state index contributed by atoms with van der Waals surface area (Å²) >= 11 is 0. The maximum atomic E-state index is 12.7. The van der Waals surface area contributed by atoms with Crippen molar-refractivity contribution in [3.63, 3.8) is 0 Å². The molecule has 0 atom stereocenters. The fraction of sp³-hybridized carbons (Fsp3) is 0.300. The minimum absolute atomic E-state index is 0.0701. The van der Waals surface area contributed by atoms with Crippen LogP contribution in [0, 0.1) is 0 Å². The van der Waals surface area contributed by atoms with Gasteiger partial charge in [-0.05, 0) is 38.1 Å². The molecule has 0 bridgehead atoms. The van der Waals surface area contributed by atoms with Gasteiger partial charge in [0.05, 0.1) is 24.1 Å². The standard InChI is InChI=1S/C20H19N5O3/c1-12(2)24-7-6-15-14(19(24)26)11-21-20-22-18(23-25(15)20)13-4-5-16-17(10-13)28-9-3-8-27-16/h4-7,10-12H,3,8-9H2,1-2H3. The van der Waals surface area contributed by atoms with E-state index >= 15 is 0 Å². The van der Waals surface area contributed by atoms with Crippen LogP contribution in [0.1, 0.15) is 26.3 Å². The number of hydrogen-bond donors (Lipinski definition) is 0. The third-order valence-electron chi connectivity index (χ3n) is 4.82. The summed E-state index contributed by atoms with van der Waals surface area (Å²) in [5.41, 5.74) is 1.40. The summed E-state index contributed by atoms with van der Waals surface area (Å²) in [6.07, 6.45) is 4.20. The van der Waals surface area contributed by atoms with Crippen LogP contribution in [0.2, 0.25) is 0 Å². The van der Waals surface area contributed by atoms with Crippen molar-refractivity contribution in [1.29, 1.82) is 0 Å². The summed E-state index contributed by atoms with van der Waals surface area (Å²) in [4.78, 5) is 21.6. The lowest BCUT2D eigenvalue weighted by Gasteiger charge is -2.10. The number of pyridine rings is 1. The molecule has 0 saturated heterocycles. The van der Waals surface area contributed by atoms with Crippen LogP contribution in [0.4, 0.5) is 0 Å². The third kappa shape index (κ3) is 2.60. The highest BCUT2D eigenvalue weighted by Gasteiger charge is 2.16. The van der Waals surface area contributed by atoms with E-state index in [4.69, 9.17) is 9.47 Å². The molecule has 0 amide bonds. The zero-order valence-corrected chi connectivity index (χ0v) is 15.6. The van der Waals surface area contributed by atoms with Gasteiger partial charge in [0.15, 0.2) is 17.3 Å². The van der Waals surface area contributed by atoms with Crippen molar-refractivity contribution in [3.05, 3.63) is 47.0 Å². The second kappa shape index (κ2) is 6.33. The quantitative estimate of drug-likeness (QED) is 0.534. The lowest BCUT2D eigenvalue weighted by atomic mass is 10.2. The van der Waals surface area contributed by atoms with Crippen LogP contribution in [0.15, 0.2) is 41.5 Å². The molecular weight excluding hydrogens is 358 g/mol. The zero-order valence-electron chi connectivity index (χ0n) is 15.6. The zero-order chi connectivity index (χ0) is 19.3. The molecule has 4 heterocycles. The predicted octanol–water partition coefficient (Wildman–Crippen LogP) is 2.85. The lowest BCUT2D eigenvalue weighted by Crippen LogP contribution is -2.22. The topological polar surface area (TPSA) is 83.5 Å². The van der Waals surface area contributed by atoms with Crippen molar-refractivity contribution in [3.8, 4) is 22.9 Å². The summed E-state index contributed by atoms with van der Waals surface area (Å²) in [5.74, 6) is 2.37. The highest BCUT2D eigenvalue weighted by Crippen LogP contribution is 2.33. The van der Waals surface area contributed by atoms with E-state index in [-0.39, 0.29) is 11.6 Å². The van der Waals surface area contributed by atoms with Crippen LogP contribution >= 0.6 is 0 Å². The first kappa shape index (κ1) is 16.7.